The maximum atomic E-state index is 12.8. The molecule has 0 radical (unpaired) electrons. The van der Waals surface area contributed by atoms with Crippen molar-refractivity contribution in [1.82, 2.24) is 9.29 Å². The maximum absolute atomic E-state index is 12.8. The van der Waals surface area contributed by atoms with Crippen molar-refractivity contribution in [3.05, 3.63) is 65.0 Å². The largest absolute Gasteiger partial charge is 0.253 e. The molecule has 1 N–H and O–H groups in total. The number of benzene rings is 2. The van der Waals surface area contributed by atoms with Crippen LogP contribution < -0.4 is 5.43 Å². The van der Waals surface area contributed by atoms with Gasteiger partial charge in [0.15, 0.2) is 0 Å². The minimum atomic E-state index is -3.45. The highest BCUT2D eigenvalue weighted by Crippen LogP contribution is 2.28. The van der Waals surface area contributed by atoms with Crippen molar-refractivity contribution in [2.24, 2.45) is 5.10 Å². The van der Waals surface area contributed by atoms with Crippen LogP contribution in [0.4, 0.5) is 5.13 Å². The molecule has 1 saturated heterocycles. The molecule has 0 unspecified atom stereocenters. The van der Waals surface area contributed by atoms with Gasteiger partial charge in [0.25, 0.3) is 0 Å². The van der Waals surface area contributed by atoms with Crippen molar-refractivity contribution in [3.8, 4) is 11.3 Å². The lowest BCUT2D eigenvalue weighted by atomic mass is 10.0. The number of anilines is 1. The number of rotatable bonds is 7. The summed E-state index contributed by atoms with van der Waals surface area (Å²) in [6.07, 6.45) is 3.60. The molecule has 0 amide bonds. The molecule has 31 heavy (non-hydrogen) atoms. The van der Waals surface area contributed by atoms with E-state index in [0.717, 1.165) is 29.7 Å². The van der Waals surface area contributed by atoms with E-state index in [9.17, 15) is 8.42 Å². The smallest absolute Gasteiger partial charge is 0.243 e. The van der Waals surface area contributed by atoms with Gasteiger partial charge in [0.2, 0.25) is 15.2 Å². The van der Waals surface area contributed by atoms with Crippen LogP contribution in [0, 0.1) is 0 Å². The zero-order chi connectivity index (χ0) is 21.8. The fourth-order valence-corrected chi connectivity index (χ4v) is 5.71. The van der Waals surface area contributed by atoms with Crippen molar-refractivity contribution in [2.45, 2.75) is 37.5 Å². The highest BCUT2D eigenvalue weighted by Gasteiger charge is 2.27. The minimum absolute atomic E-state index is 0.317. The van der Waals surface area contributed by atoms with Crippen molar-refractivity contribution in [1.29, 1.82) is 0 Å². The number of aromatic nitrogens is 1. The number of nitrogens with one attached hydrogen (secondary N) is 1. The van der Waals surface area contributed by atoms with Gasteiger partial charge in [0.1, 0.15) is 0 Å². The lowest BCUT2D eigenvalue weighted by Gasteiger charge is -2.15. The van der Waals surface area contributed by atoms with E-state index < -0.39 is 10.0 Å². The predicted octanol–water partition coefficient (Wildman–Crippen LogP) is 5.16. The number of hydrogen-bond acceptors (Lipinski definition) is 6. The molecule has 1 aliphatic rings. The third kappa shape index (κ3) is 5.03. The number of hydrogen-bond donors (Lipinski definition) is 1. The zero-order valence-corrected chi connectivity index (χ0v) is 19.3. The van der Waals surface area contributed by atoms with E-state index in [0.29, 0.717) is 29.0 Å². The Morgan fingerprint density at radius 1 is 1.13 bits per heavy atom. The second kappa shape index (κ2) is 9.30. The quantitative estimate of drug-likeness (QED) is 0.395. The molecular formula is C23H26N4O2S2. The summed E-state index contributed by atoms with van der Waals surface area (Å²) in [7, 11) is -3.45. The second-order valence-electron chi connectivity index (χ2n) is 7.87. The Kier molecular flexibility index (Phi) is 6.50. The van der Waals surface area contributed by atoms with Crippen molar-refractivity contribution >= 4 is 32.7 Å². The van der Waals surface area contributed by atoms with Crippen LogP contribution in [0.3, 0.4) is 0 Å². The van der Waals surface area contributed by atoms with Gasteiger partial charge in [-0.25, -0.2) is 13.4 Å². The first-order chi connectivity index (χ1) is 14.9. The number of nitrogens with zero attached hydrogens (tertiary/aromatic N) is 3. The highest BCUT2D eigenvalue weighted by atomic mass is 32.2. The molecule has 2 aromatic carbocycles. The SMILES string of the molecule is CC(C)c1ccc(/C=N/Nc2nc(-c3cccc(S(=O)(=O)N4CCCC4)c3)cs2)cc1. The summed E-state index contributed by atoms with van der Waals surface area (Å²) in [6.45, 7) is 5.52. The summed E-state index contributed by atoms with van der Waals surface area (Å²) >= 11 is 1.43. The van der Waals surface area contributed by atoms with Gasteiger partial charge in [-0.05, 0) is 42.0 Å². The fraction of sp³-hybridized carbons (Fsp3) is 0.304. The molecule has 0 bridgehead atoms. The molecule has 0 aliphatic carbocycles. The van der Waals surface area contributed by atoms with Crippen molar-refractivity contribution in [3.63, 3.8) is 0 Å². The highest BCUT2D eigenvalue weighted by molar-refractivity contribution is 7.89. The molecule has 162 valence electrons. The van der Waals surface area contributed by atoms with Crippen LogP contribution in [0.1, 0.15) is 43.7 Å². The molecule has 0 spiro atoms. The van der Waals surface area contributed by atoms with Gasteiger partial charge in [-0.1, -0.05) is 50.2 Å². The van der Waals surface area contributed by atoms with E-state index in [4.69, 9.17) is 0 Å². The Hall–Kier alpha value is -2.55. The van der Waals surface area contributed by atoms with Crippen LogP contribution >= 0.6 is 11.3 Å². The minimum Gasteiger partial charge on any atom is -0.253 e. The first-order valence-corrected chi connectivity index (χ1v) is 12.7. The zero-order valence-electron chi connectivity index (χ0n) is 17.7. The van der Waals surface area contributed by atoms with Crippen LogP contribution in [0.5, 0.6) is 0 Å². The van der Waals surface area contributed by atoms with Gasteiger partial charge in [0.05, 0.1) is 16.8 Å². The van der Waals surface area contributed by atoms with Crippen LogP contribution in [0.2, 0.25) is 0 Å². The summed E-state index contributed by atoms with van der Waals surface area (Å²) < 4.78 is 27.2. The average Bonchev–Trinajstić information content (AvgIpc) is 3.47. The van der Waals surface area contributed by atoms with Crippen molar-refractivity contribution < 1.29 is 8.42 Å². The Labute approximate surface area is 187 Å². The van der Waals surface area contributed by atoms with E-state index in [1.54, 1.807) is 28.7 Å². The summed E-state index contributed by atoms with van der Waals surface area (Å²) in [5, 5.41) is 6.82. The van der Waals surface area contributed by atoms with Crippen LogP contribution in [-0.4, -0.2) is 37.0 Å². The molecule has 0 atom stereocenters. The maximum Gasteiger partial charge on any atom is 0.243 e. The van der Waals surface area contributed by atoms with E-state index in [1.165, 1.54) is 16.9 Å². The Bertz CT molecular complexity index is 1160. The molecule has 1 aliphatic heterocycles. The molecular weight excluding hydrogens is 428 g/mol. The molecule has 8 heteroatoms. The average molecular weight is 455 g/mol. The topological polar surface area (TPSA) is 74.7 Å². The predicted molar refractivity (Wildman–Crippen MR) is 127 cm³/mol. The van der Waals surface area contributed by atoms with Crippen molar-refractivity contribution in [2.75, 3.05) is 18.5 Å². The standard InChI is InChI=1S/C23H26N4O2S2/c1-17(2)19-10-8-18(9-11-19)15-24-26-23-25-22(16-30-23)20-6-5-7-21(14-20)31(28,29)27-12-3-4-13-27/h5-11,14-17H,3-4,12-13H2,1-2H3,(H,25,26)/b24-15+. The fourth-order valence-electron chi connectivity index (χ4n) is 3.48. The Morgan fingerprint density at radius 3 is 2.58 bits per heavy atom. The second-order valence-corrected chi connectivity index (χ2v) is 10.7. The first kappa shape index (κ1) is 21.7. The van der Waals surface area contributed by atoms with Gasteiger partial charge in [-0.15, -0.1) is 11.3 Å². The summed E-state index contributed by atoms with van der Waals surface area (Å²) in [4.78, 5) is 4.87. The van der Waals surface area contributed by atoms with Gasteiger partial charge in [0, 0.05) is 24.0 Å². The van der Waals surface area contributed by atoms with E-state index >= 15 is 0 Å². The molecule has 1 aromatic heterocycles. The summed E-state index contributed by atoms with van der Waals surface area (Å²) in [6, 6.07) is 15.3. The Balaban J connectivity index is 1.45. The molecule has 0 saturated carbocycles. The van der Waals surface area contributed by atoms with E-state index in [2.05, 4.69) is 41.5 Å². The van der Waals surface area contributed by atoms with E-state index in [-0.39, 0.29) is 0 Å². The normalized spacial score (nSPS) is 15.2. The first-order valence-electron chi connectivity index (χ1n) is 10.4. The Morgan fingerprint density at radius 2 is 1.87 bits per heavy atom. The third-order valence-electron chi connectivity index (χ3n) is 5.31. The molecule has 6 nitrogen and oxygen atoms in total. The third-order valence-corrected chi connectivity index (χ3v) is 7.96. The summed E-state index contributed by atoms with van der Waals surface area (Å²) in [5.74, 6) is 0.502. The number of hydrazone groups is 1. The lowest BCUT2D eigenvalue weighted by molar-refractivity contribution is 0.477. The van der Waals surface area contributed by atoms with Crippen LogP contribution in [-0.2, 0) is 10.0 Å². The molecule has 1 fully saturated rings. The molecule has 4 rings (SSSR count). The van der Waals surface area contributed by atoms with Gasteiger partial charge in [-0.3, -0.25) is 5.43 Å². The van der Waals surface area contributed by atoms with Gasteiger partial charge < -0.3 is 0 Å². The van der Waals surface area contributed by atoms with Gasteiger partial charge in [-0.2, -0.15) is 9.41 Å². The number of sulfonamides is 1. The monoisotopic (exact) mass is 454 g/mol. The van der Waals surface area contributed by atoms with E-state index in [1.807, 2.05) is 23.6 Å². The number of thiazole rings is 1. The lowest BCUT2D eigenvalue weighted by Crippen LogP contribution is -2.27. The van der Waals surface area contributed by atoms with Gasteiger partial charge >= 0.3 is 0 Å². The van der Waals surface area contributed by atoms with Crippen LogP contribution in [0.15, 0.2) is 63.9 Å². The molecule has 2 heterocycles. The summed E-state index contributed by atoms with van der Waals surface area (Å²) in [5.41, 5.74) is 6.76. The molecule has 3 aromatic rings. The van der Waals surface area contributed by atoms with Crippen LogP contribution in [0.25, 0.3) is 11.3 Å².